The third kappa shape index (κ3) is 11.3. The van der Waals surface area contributed by atoms with Crippen LogP contribution in [0.15, 0.2) is 71.1 Å². The molecule has 0 saturated carbocycles. The van der Waals surface area contributed by atoms with Gasteiger partial charge in [-0.15, -0.1) is 11.3 Å². The van der Waals surface area contributed by atoms with Crippen LogP contribution in [0.2, 0.25) is 0 Å². The summed E-state index contributed by atoms with van der Waals surface area (Å²) in [7, 11) is 2.56. The Balaban J connectivity index is 0.00000185. The van der Waals surface area contributed by atoms with Gasteiger partial charge in [0.2, 0.25) is 5.91 Å². The Morgan fingerprint density at radius 3 is 2.66 bits per heavy atom. The van der Waals surface area contributed by atoms with E-state index >= 15 is 0 Å². The number of likely N-dealkylation sites (N-methyl/N-ethyl adjacent to an activating group) is 1. The van der Waals surface area contributed by atoms with Gasteiger partial charge in [0.15, 0.2) is 0 Å². The van der Waals surface area contributed by atoms with Crippen LogP contribution in [0.4, 0.5) is 9.39 Å². The van der Waals surface area contributed by atoms with Gasteiger partial charge in [-0.1, -0.05) is 56.4 Å². The monoisotopic (exact) mass is 663 g/mol. The smallest absolute Gasteiger partial charge is 0.246 e. The average Bonchev–Trinajstić information content (AvgIpc) is 3.56. The van der Waals surface area contributed by atoms with Crippen LogP contribution in [0, 0.1) is 0 Å². The molecule has 4 rings (SSSR count). The highest BCUT2D eigenvalue weighted by atomic mass is 32.1. The minimum absolute atomic E-state index is 0.0581. The number of thiophene rings is 1. The number of fused-ring (bicyclic) bond motifs is 2. The zero-order valence-corrected chi connectivity index (χ0v) is 30.3. The first-order valence-corrected chi connectivity index (χ1v) is 17.2. The van der Waals surface area contributed by atoms with Crippen molar-refractivity contribution in [3.05, 3.63) is 92.6 Å². The third-order valence-electron chi connectivity index (χ3n) is 7.79. The maximum Gasteiger partial charge on any atom is 0.246 e. The number of allylic oxidation sites excluding steroid dienone is 8. The number of hydrogen-bond donors (Lipinski definition) is 2. The fourth-order valence-corrected chi connectivity index (χ4v) is 6.31. The lowest BCUT2D eigenvalue weighted by atomic mass is 10.0. The fourth-order valence-electron chi connectivity index (χ4n) is 5.08. The topological polar surface area (TPSA) is 91.8 Å². The van der Waals surface area contributed by atoms with Crippen LogP contribution in [0.25, 0.3) is 12.2 Å². The lowest BCUT2D eigenvalue weighted by Crippen LogP contribution is -2.34. The summed E-state index contributed by atoms with van der Waals surface area (Å²) in [5.74, 6) is 0.0581. The molecule has 0 saturated heterocycles. The number of aliphatic imine (C=N–C) groups is 1. The molecule has 0 radical (unpaired) electrons. The van der Waals surface area contributed by atoms with Crippen LogP contribution in [0.3, 0.4) is 0 Å². The predicted molar refractivity (Wildman–Crippen MR) is 199 cm³/mol. The van der Waals surface area contributed by atoms with Gasteiger partial charge in [-0.05, 0) is 64.5 Å². The van der Waals surface area contributed by atoms with Gasteiger partial charge in [-0.25, -0.2) is 4.99 Å². The molecule has 10 heteroatoms. The van der Waals surface area contributed by atoms with Crippen molar-refractivity contribution in [2.75, 3.05) is 27.3 Å². The van der Waals surface area contributed by atoms with Gasteiger partial charge in [0.1, 0.15) is 5.00 Å². The molecule has 3 heterocycles. The van der Waals surface area contributed by atoms with E-state index in [9.17, 15) is 9.18 Å². The van der Waals surface area contributed by atoms with E-state index in [2.05, 4.69) is 88.4 Å². The summed E-state index contributed by atoms with van der Waals surface area (Å²) in [4.78, 5) is 22.7. The maximum absolute atomic E-state index is 12.9. The Morgan fingerprint density at radius 1 is 1.21 bits per heavy atom. The van der Waals surface area contributed by atoms with Crippen LogP contribution >= 0.6 is 11.3 Å². The largest absolute Gasteiger partial charge is 0.390 e. The molecular weight excluding hydrogens is 610 g/mol. The summed E-state index contributed by atoms with van der Waals surface area (Å²) in [6.45, 7) is 15.8. The molecule has 1 aliphatic heterocycles. The maximum atomic E-state index is 12.9. The predicted octanol–water partition coefficient (Wildman–Crippen LogP) is 5.67. The van der Waals surface area contributed by atoms with Gasteiger partial charge in [0, 0.05) is 59.5 Å². The number of nitrogens with zero attached hydrogens (tertiary/aromatic N) is 5. The van der Waals surface area contributed by atoms with E-state index in [4.69, 9.17) is 5.73 Å². The van der Waals surface area contributed by atoms with Crippen molar-refractivity contribution in [1.29, 1.82) is 0 Å². The summed E-state index contributed by atoms with van der Waals surface area (Å²) in [6, 6.07) is 0.439. The van der Waals surface area contributed by atoms with Crippen LogP contribution in [0.5, 0.6) is 0 Å². The van der Waals surface area contributed by atoms with E-state index in [0.717, 1.165) is 40.7 Å². The van der Waals surface area contributed by atoms with Crippen molar-refractivity contribution in [3.8, 4) is 0 Å². The molecule has 0 atom stereocenters. The standard InChI is InChI=1S/C34H45N7OS.C2H6.CH3F/c1-6-8-11-26(10-7-2)22-41-31-16-15-28(14-13-27(31)20-38-41)36-21-30-29-17-19-40(23-32(29)43-34(30)37-24-35)33(42)12-9-18-39(5)25(3)4;2*1-2/h6-13,15-16,20,24-25,36H,14,17-19,21-23H2,1-5H3,(H2,35,37);1-2H3;1H3/b8-6-,10-7-,12-9+,26-11+;;. The number of carbonyl (C=O) groups is 1. The van der Waals surface area contributed by atoms with Crippen LogP contribution < -0.4 is 21.6 Å². The Hall–Kier alpha value is -4.02. The number of halogens is 1. The SMILES string of the molecule is CC.CF.C\C=C/C=C(\C=C/C)Cn1ncc2c1=CC=C(NCc1c(/N=C\N)sc3c1CCN(C(=O)/C=C/CN(C)C(C)C)C3)CC=2. The van der Waals surface area contributed by atoms with E-state index < -0.39 is 0 Å². The number of amides is 1. The van der Waals surface area contributed by atoms with E-state index in [-0.39, 0.29) is 5.91 Å². The molecule has 8 nitrogen and oxygen atoms in total. The summed E-state index contributed by atoms with van der Waals surface area (Å²) >= 11 is 1.63. The normalized spacial score (nSPS) is 14.7. The number of rotatable bonds is 12. The van der Waals surface area contributed by atoms with E-state index in [0.29, 0.717) is 39.4 Å². The lowest BCUT2D eigenvalue weighted by Gasteiger charge is -2.26. The molecule has 256 valence electrons. The number of nitrogens with one attached hydrogen (secondary N) is 1. The van der Waals surface area contributed by atoms with E-state index in [1.807, 2.05) is 50.9 Å². The van der Waals surface area contributed by atoms with Crippen molar-refractivity contribution < 1.29 is 9.18 Å². The van der Waals surface area contributed by atoms with Gasteiger partial charge in [0.05, 0.1) is 38.2 Å². The Morgan fingerprint density at radius 2 is 1.98 bits per heavy atom. The Kier molecular flexibility index (Phi) is 17.5. The summed E-state index contributed by atoms with van der Waals surface area (Å²) in [5.41, 5.74) is 10.5. The number of aromatic nitrogens is 2. The van der Waals surface area contributed by atoms with Gasteiger partial charge >= 0.3 is 0 Å². The lowest BCUT2D eigenvalue weighted by molar-refractivity contribution is -0.126. The molecule has 0 unspecified atom stereocenters. The molecular formula is C37H54FN7OS. The van der Waals surface area contributed by atoms with Crippen molar-refractivity contribution in [1.82, 2.24) is 24.9 Å². The molecule has 3 N–H and O–H groups in total. The second-order valence-electron chi connectivity index (χ2n) is 11.0. The molecule has 0 fully saturated rings. The number of nitrogens with two attached hydrogens (primary N) is 1. The van der Waals surface area contributed by atoms with Gasteiger partial charge in [-0.3, -0.25) is 13.9 Å². The van der Waals surface area contributed by atoms with E-state index in [1.54, 1.807) is 17.4 Å². The van der Waals surface area contributed by atoms with Crippen molar-refractivity contribution >= 4 is 40.7 Å². The molecule has 2 aliphatic rings. The summed E-state index contributed by atoms with van der Waals surface area (Å²) in [6.07, 6.45) is 25.5. The highest BCUT2D eigenvalue weighted by molar-refractivity contribution is 7.16. The van der Waals surface area contributed by atoms with Gasteiger partial charge in [-0.2, -0.15) is 5.10 Å². The van der Waals surface area contributed by atoms with Gasteiger partial charge in [0.25, 0.3) is 0 Å². The molecule has 0 spiro atoms. The minimum Gasteiger partial charge on any atom is -0.390 e. The Bertz CT molecular complexity index is 1590. The van der Waals surface area contributed by atoms with Crippen molar-refractivity contribution in [2.24, 2.45) is 10.7 Å². The Labute approximate surface area is 284 Å². The first kappa shape index (κ1) is 39.2. The first-order chi connectivity index (χ1) is 22.8. The quantitative estimate of drug-likeness (QED) is 0.132. The highest BCUT2D eigenvalue weighted by Crippen LogP contribution is 2.39. The third-order valence-corrected chi connectivity index (χ3v) is 8.95. The molecule has 1 amide bonds. The zero-order valence-electron chi connectivity index (χ0n) is 29.5. The number of hydrogen-bond acceptors (Lipinski definition) is 6. The van der Waals surface area contributed by atoms with Crippen LogP contribution in [-0.2, 0) is 30.8 Å². The average molecular weight is 664 g/mol. The van der Waals surface area contributed by atoms with E-state index in [1.165, 1.54) is 27.9 Å². The molecule has 2 aromatic rings. The summed E-state index contributed by atoms with van der Waals surface area (Å²) in [5, 5.41) is 11.5. The second-order valence-corrected chi connectivity index (χ2v) is 12.1. The summed E-state index contributed by atoms with van der Waals surface area (Å²) < 4.78 is 11.6. The van der Waals surface area contributed by atoms with Crippen LogP contribution in [-0.4, -0.2) is 65.2 Å². The van der Waals surface area contributed by atoms with Gasteiger partial charge < -0.3 is 20.9 Å². The highest BCUT2D eigenvalue weighted by Gasteiger charge is 2.26. The van der Waals surface area contributed by atoms with Crippen molar-refractivity contribution in [2.45, 2.75) is 80.1 Å². The fraction of sp³-hybridized carbons (Fsp3) is 0.432. The number of carbonyl (C=O) groups excluding carboxylic acids is 1. The minimum atomic E-state index is 0.0581. The number of alkyl halides is 1. The molecule has 2 aromatic heterocycles. The first-order valence-electron chi connectivity index (χ1n) is 16.4. The van der Waals surface area contributed by atoms with Crippen molar-refractivity contribution in [3.63, 3.8) is 0 Å². The second kappa shape index (κ2) is 21.0. The van der Waals surface area contributed by atoms with Crippen LogP contribution in [0.1, 0.15) is 64.0 Å². The molecule has 0 bridgehead atoms. The zero-order chi connectivity index (χ0) is 34.8. The molecule has 0 aromatic carbocycles. The molecule has 1 aliphatic carbocycles. The molecule has 47 heavy (non-hydrogen) atoms.